The van der Waals surface area contributed by atoms with Crippen LogP contribution in [0.1, 0.15) is 23.9 Å². The van der Waals surface area contributed by atoms with Crippen molar-refractivity contribution in [2.45, 2.75) is 26.7 Å². The van der Waals surface area contributed by atoms with Gasteiger partial charge < -0.3 is 5.32 Å². The molecule has 96 valence electrons. The van der Waals surface area contributed by atoms with E-state index in [1.807, 2.05) is 19.1 Å². The van der Waals surface area contributed by atoms with Crippen molar-refractivity contribution in [3.8, 4) is 10.7 Å². The Hall–Kier alpha value is -1.33. The molecule has 0 saturated carbocycles. The van der Waals surface area contributed by atoms with Crippen LogP contribution >= 0.6 is 11.3 Å². The Bertz CT molecular complexity index is 495. The van der Waals surface area contributed by atoms with Gasteiger partial charge in [-0.25, -0.2) is 0 Å². The van der Waals surface area contributed by atoms with Gasteiger partial charge >= 0.3 is 0 Å². The molecule has 2 rings (SSSR count). The molecule has 0 aromatic carbocycles. The van der Waals surface area contributed by atoms with Crippen LogP contribution in [0.4, 0.5) is 0 Å². The van der Waals surface area contributed by atoms with Gasteiger partial charge in [0.2, 0.25) is 0 Å². The number of nitrogens with zero attached hydrogens (tertiary/aromatic N) is 3. The average Bonchev–Trinajstić information content (AvgIpc) is 2.84. The van der Waals surface area contributed by atoms with E-state index in [0.29, 0.717) is 0 Å². The van der Waals surface area contributed by atoms with Crippen molar-refractivity contribution < 1.29 is 0 Å². The van der Waals surface area contributed by atoms with Gasteiger partial charge in [-0.3, -0.25) is 4.98 Å². The van der Waals surface area contributed by atoms with Gasteiger partial charge in [-0.15, -0.1) is 10.2 Å². The molecule has 0 aliphatic rings. The van der Waals surface area contributed by atoms with Gasteiger partial charge in [-0.05, 0) is 31.5 Å². The fourth-order valence-corrected chi connectivity index (χ4v) is 2.56. The Morgan fingerprint density at radius 2 is 2.17 bits per heavy atom. The molecule has 2 heterocycles. The standard InChI is InChI=1S/C13H18N4S/c1-3-7-14-9-6-11-16-17-13(18-11)12-10(2)5-4-8-15-12/h4-5,8,14H,3,6-7,9H2,1-2H3. The van der Waals surface area contributed by atoms with Crippen LogP contribution in [0, 0.1) is 6.92 Å². The van der Waals surface area contributed by atoms with E-state index < -0.39 is 0 Å². The van der Waals surface area contributed by atoms with Crippen molar-refractivity contribution in [3.63, 3.8) is 0 Å². The topological polar surface area (TPSA) is 50.7 Å². The zero-order chi connectivity index (χ0) is 12.8. The van der Waals surface area contributed by atoms with Crippen LogP contribution in [0.5, 0.6) is 0 Å². The number of aryl methyl sites for hydroxylation is 1. The summed E-state index contributed by atoms with van der Waals surface area (Å²) in [6.45, 7) is 6.24. The number of hydrogen-bond donors (Lipinski definition) is 1. The summed E-state index contributed by atoms with van der Waals surface area (Å²) in [4.78, 5) is 4.36. The van der Waals surface area contributed by atoms with Gasteiger partial charge in [-0.2, -0.15) is 0 Å². The quantitative estimate of drug-likeness (QED) is 0.812. The van der Waals surface area contributed by atoms with Crippen molar-refractivity contribution in [2.75, 3.05) is 13.1 Å². The van der Waals surface area contributed by atoms with Gasteiger partial charge in [0, 0.05) is 19.2 Å². The maximum atomic E-state index is 4.36. The molecule has 0 amide bonds. The summed E-state index contributed by atoms with van der Waals surface area (Å²) in [5.41, 5.74) is 2.09. The molecule has 0 spiro atoms. The van der Waals surface area contributed by atoms with Crippen molar-refractivity contribution in [1.82, 2.24) is 20.5 Å². The average molecular weight is 262 g/mol. The monoisotopic (exact) mass is 262 g/mol. The minimum absolute atomic E-state index is 0.915. The van der Waals surface area contributed by atoms with Crippen LogP contribution in [0.25, 0.3) is 10.7 Å². The third-order valence-electron chi connectivity index (χ3n) is 2.62. The van der Waals surface area contributed by atoms with E-state index in [-0.39, 0.29) is 0 Å². The number of nitrogens with one attached hydrogen (secondary N) is 1. The van der Waals surface area contributed by atoms with Crippen molar-refractivity contribution in [3.05, 3.63) is 28.9 Å². The van der Waals surface area contributed by atoms with Crippen LogP contribution < -0.4 is 5.32 Å². The summed E-state index contributed by atoms with van der Waals surface area (Å²) in [6.07, 6.45) is 3.89. The highest BCUT2D eigenvalue weighted by atomic mass is 32.1. The molecule has 0 radical (unpaired) electrons. The van der Waals surface area contributed by atoms with E-state index in [9.17, 15) is 0 Å². The second-order valence-corrected chi connectivity index (χ2v) is 5.23. The maximum absolute atomic E-state index is 4.36. The Kier molecular flexibility index (Phi) is 4.78. The Morgan fingerprint density at radius 1 is 1.28 bits per heavy atom. The molecule has 0 atom stereocenters. The van der Waals surface area contributed by atoms with Gasteiger partial charge in [0.1, 0.15) is 10.7 Å². The lowest BCUT2D eigenvalue weighted by molar-refractivity contribution is 0.668. The van der Waals surface area contributed by atoms with Crippen LogP contribution in [0.3, 0.4) is 0 Å². The van der Waals surface area contributed by atoms with Gasteiger partial charge in [0.25, 0.3) is 0 Å². The van der Waals surface area contributed by atoms with E-state index in [1.54, 1.807) is 17.5 Å². The summed E-state index contributed by atoms with van der Waals surface area (Å²) < 4.78 is 0. The summed E-state index contributed by atoms with van der Waals surface area (Å²) in [7, 11) is 0. The summed E-state index contributed by atoms with van der Waals surface area (Å²) in [5, 5.41) is 13.8. The number of rotatable bonds is 6. The lowest BCUT2D eigenvalue weighted by atomic mass is 10.2. The van der Waals surface area contributed by atoms with Gasteiger partial charge in [0.15, 0.2) is 5.01 Å². The molecule has 0 saturated heterocycles. The molecule has 4 nitrogen and oxygen atoms in total. The molecule has 2 aromatic heterocycles. The highest BCUT2D eigenvalue weighted by Crippen LogP contribution is 2.24. The first-order valence-electron chi connectivity index (χ1n) is 6.26. The molecule has 0 bridgehead atoms. The van der Waals surface area contributed by atoms with E-state index in [2.05, 4.69) is 27.4 Å². The molecule has 5 heteroatoms. The van der Waals surface area contributed by atoms with Crippen LogP contribution in [0.2, 0.25) is 0 Å². The molecule has 2 aromatic rings. The highest BCUT2D eigenvalue weighted by Gasteiger charge is 2.09. The molecule has 0 unspecified atom stereocenters. The molecular weight excluding hydrogens is 244 g/mol. The SMILES string of the molecule is CCCNCCc1nnc(-c2ncccc2C)s1. The van der Waals surface area contributed by atoms with Crippen LogP contribution in [-0.2, 0) is 6.42 Å². The molecule has 0 fully saturated rings. The van der Waals surface area contributed by atoms with Crippen molar-refractivity contribution in [2.24, 2.45) is 0 Å². The fraction of sp³-hybridized carbons (Fsp3) is 0.462. The second kappa shape index (κ2) is 6.56. The van der Waals surface area contributed by atoms with E-state index in [0.717, 1.165) is 47.2 Å². The summed E-state index contributed by atoms with van der Waals surface area (Å²) in [5.74, 6) is 0. The summed E-state index contributed by atoms with van der Waals surface area (Å²) in [6, 6.07) is 3.99. The molecule has 18 heavy (non-hydrogen) atoms. The second-order valence-electron chi connectivity index (χ2n) is 4.17. The molecule has 0 aliphatic carbocycles. The smallest absolute Gasteiger partial charge is 0.166 e. The normalized spacial score (nSPS) is 10.8. The Morgan fingerprint density at radius 3 is 2.94 bits per heavy atom. The minimum atomic E-state index is 0.915. The number of hydrogen-bond acceptors (Lipinski definition) is 5. The predicted octanol–water partition coefficient (Wildman–Crippen LogP) is 2.45. The van der Waals surface area contributed by atoms with Crippen molar-refractivity contribution in [1.29, 1.82) is 0 Å². The lowest BCUT2D eigenvalue weighted by Gasteiger charge is -1.99. The third kappa shape index (κ3) is 3.34. The highest BCUT2D eigenvalue weighted by molar-refractivity contribution is 7.14. The van der Waals surface area contributed by atoms with Gasteiger partial charge in [0.05, 0.1) is 0 Å². The third-order valence-corrected chi connectivity index (χ3v) is 3.61. The lowest BCUT2D eigenvalue weighted by Crippen LogP contribution is -2.17. The minimum Gasteiger partial charge on any atom is -0.316 e. The molecule has 1 N–H and O–H groups in total. The summed E-state index contributed by atoms with van der Waals surface area (Å²) >= 11 is 1.63. The first-order valence-corrected chi connectivity index (χ1v) is 7.08. The van der Waals surface area contributed by atoms with E-state index in [1.165, 1.54) is 0 Å². The number of aromatic nitrogens is 3. The van der Waals surface area contributed by atoms with E-state index >= 15 is 0 Å². The zero-order valence-electron chi connectivity index (χ0n) is 10.8. The Labute approximate surface area is 111 Å². The Balaban J connectivity index is 2.00. The largest absolute Gasteiger partial charge is 0.316 e. The van der Waals surface area contributed by atoms with E-state index in [4.69, 9.17) is 0 Å². The van der Waals surface area contributed by atoms with Crippen LogP contribution in [-0.4, -0.2) is 28.3 Å². The number of pyridine rings is 1. The fourth-order valence-electron chi connectivity index (χ4n) is 1.66. The van der Waals surface area contributed by atoms with Gasteiger partial charge in [-0.1, -0.05) is 24.3 Å². The molecular formula is C13H18N4S. The van der Waals surface area contributed by atoms with Crippen LogP contribution in [0.15, 0.2) is 18.3 Å². The van der Waals surface area contributed by atoms with Crippen molar-refractivity contribution >= 4 is 11.3 Å². The zero-order valence-corrected chi connectivity index (χ0v) is 11.6. The maximum Gasteiger partial charge on any atom is 0.166 e. The predicted molar refractivity (Wildman–Crippen MR) is 74.7 cm³/mol. The first kappa shape index (κ1) is 13.1. The molecule has 0 aliphatic heterocycles. The first-order chi connectivity index (χ1) is 8.81.